The maximum Gasteiger partial charge on any atom is 0.327 e. The molecule has 0 aromatic heterocycles. The van der Waals surface area contributed by atoms with Crippen molar-refractivity contribution in [3.63, 3.8) is 0 Å². The smallest absolute Gasteiger partial charge is 0.327 e. The summed E-state index contributed by atoms with van der Waals surface area (Å²) in [6.45, 7) is 15.4. The number of carboxylic acid groups (broad SMARTS) is 7. The molecule has 0 fully saturated rings. The Morgan fingerprint density at radius 2 is 0.398 bits per heavy atom. The molecule has 0 aliphatic heterocycles. The van der Waals surface area contributed by atoms with Crippen molar-refractivity contribution in [1.29, 1.82) is 0 Å². The van der Waals surface area contributed by atoms with Gasteiger partial charge in [-0.3, -0.25) is 28.8 Å². The Balaban J connectivity index is -0.000000197. The van der Waals surface area contributed by atoms with Crippen molar-refractivity contribution in [2.45, 2.75) is 408 Å². The van der Waals surface area contributed by atoms with Crippen LogP contribution in [0.25, 0.3) is 0 Å². The van der Waals surface area contributed by atoms with Crippen LogP contribution in [-0.4, -0.2) is 77.5 Å². The molecule has 0 spiro atoms. The minimum atomic E-state index is -0.840. The van der Waals surface area contributed by atoms with Crippen molar-refractivity contribution >= 4 is 41.8 Å². The van der Waals surface area contributed by atoms with Gasteiger partial charge in [0, 0.05) is 38.2 Å². The highest BCUT2D eigenvalue weighted by Crippen LogP contribution is 2.12. The molecule has 0 atom stereocenters. The van der Waals surface area contributed by atoms with Crippen LogP contribution in [0.2, 0.25) is 0 Å². The second-order valence-corrected chi connectivity index (χ2v) is 25.3. The molecule has 0 radical (unpaired) electrons. The van der Waals surface area contributed by atoms with Gasteiger partial charge in [-0.15, -0.1) is 0 Å². The van der Waals surface area contributed by atoms with Crippen LogP contribution in [0.4, 0.5) is 0 Å². The first-order valence-corrected chi connectivity index (χ1v) is 39.5. The van der Waals surface area contributed by atoms with E-state index in [2.05, 4.69) is 103 Å². The van der Waals surface area contributed by atoms with Gasteiger partial charge in [-0.25, -0.2) is 4.79 Å². The molecule has 14 heteroatoms. The molecule has 574 valence electrons. The number of unbranched alkanes of at least 4 members (excludes halogenated alkanes) is 38. The fourth-order valence-corrected chi connectivity index (χ4v) is 9.21. The van der Waals surface area contributed by atoms with Gasteiger partial charge in [-0.2, -0.15) is 0 Å². The second kappa shape index (κ2) is 102. The zero-order valence-corrected chi connectivity index (χ0v) is 64.2. The molecule has 14 nitrogen and oxygen atoms in total. The predicted octanol–water partition coefficient (Wildman–Crippen LogP) is 26.4. The van der Waals surface area contributed by atoms with Crippen molar-refractivity contribution in [3.05, 3.63) is 85.1 Å². The van der Waals surface area contributed by atoms with E-state index in [0.29, 0.717) is 32.1 Å². The standard InChI is InChI=1S/7C12H22O2/c7*1-2-3-4-5-6-7-8-9-10-11-12(13)14/h10-11H,2-9H2,1H3,(H,13,14);9-10H,2-8,11H2,1H3,(H,13,14);8-9H,2-7,10-11H2,1H3,(H,13,14);7-8H,2-6,9-11H2,1H3,(H,13,14);6-7H,2-5,8-11H2,1H3,(H,13,14);5-6H,2-4,7-11H2,1H3,(H,13,14);4-5H,2-3,6-11H2,1H3,(H,13,14)/b11-10-;10-9-;9-8-;8-7-;7-6-;6-5-;5-4-. The largest absolute Gasteiger partial charge is 0.481 e. The monoisotopic (exact) mass is 1390 g/mol. The summed E-state index contributed by atoms with van der Waals surface area (Å²) in [4.78, 5) is 71.2. The topological polar surface area (TPSA) is 261 Å². The first-order valence-electron chi connectivity index (χ1n) is 39.5. The Morgan fingerprint density at radius 3 is 0.724 bits per heavy atom. The Kier molecular flexibility index (Phi) is 111. The lowest BCUT2D eigenvalue weighted by atomic mass is 10.1. The number of rotatable bonds is 63. The summed E-state index contributed by atoms with van der Waals surface area (Å²) in [6, 6.07) is 0. The van der Waals surface area contributed by atoms with E-state index in [1.807, 2.05) is 12.2 Å². The number of allylic oxidation sites excluding steroid dienone is 12. The lowest BCUT2D eigenvalue weighted by Crippen LogP contribution is -1.93. The zero-order valence-electron chi connectivity index (χ0n) is 64.2. The molecule has 0 rings (SSSR count). The minimum Gasteiger partial charge on any atom is -0.481 e. The Labute approximate surface area is 601 Å². The maximum absolute atomic E-state index is 10.2. The molecular formula is C84H154O14. The molecule has 0 saturated carbocycles. The van der Waals surface area contributed by atoms with E-state index < -0.39 is 41.8 Å². The van der Waals surface area contributed by atoms with Crippen LogP contribution in [0.3, 0.4) is 0 Å². The molecule has 0 bridgehead atoms. The molecule has 0 unspecified atom stereocenters. The van der Waals surface area contributed by atoms with Crippen molar-refractivity contribution in [2.75, 3.05) is 0 Å². The lowest BCUT2D eigenvalue weighted by molar-refractivity contribution is -0.138. The van der Waals surface area contributed by atoms with Gasteiger partial charge in [-0.1, -0.05) is 294 Å². The first kappa shape index (κ1) is 106. The van der Waals surface area contributed by atoms with Crippen LogP contribution in [0.15, 0.2) is 85.1 Å². The molecule has 0 saturated heterocycles. The molecule has 0 heterocycles. The van der Waals surface area contributed by atoms with Crippen LogP contribution in [0.1, 0.15) is 408 Å². The summed E-state index contributed by atoms with van der Waals surface area (Å²) in [6.07, 6.45) is 88.4. The van der Waals surface area contributed by atoms with Crippen LogP contribution < -0.4 is 0 Å². The summed E-state index contributed by atoms with van der Waals surface area (Å²) in [5, 5.41) is 58.7. The van der Waals surface area contributed by atoms with Crippen LogP contribution in [-0.2, 0) is 33.6 Å². The van der Waals surface area contributed by atoms with Gasteiger partial charge in [-0.05, 0) is 154 Å². The average molecular weight is 1390 g/mol. The zero-order chi connectivity index (χ0) is 74.5. The molecule has 0 aliphatic carbocycles. The predicted molar refractivity (Wildman–Crippen MR) is 416 cm³/mol. The van der Waals surface area contributed by atoms with Gasteiger partial charge in [0.1, 0.15) is 0 Å². The van der Waals surface area contributed by atoms with Gasteiger partial charge in [0.25, 0.3) is 0 Å². The number of hydrogen-bond acceptors (Lipinski definition) is 7. The Bertz CT molecular complexity index is 1880. The molecule has 0 aliphatic rings. The summed E-state index contributed by atoms with van der Waals surface area (Å²) in [5.74, 6) is -5.02. The minimum absolute atomic E-state index is 0.163. The van der Waals surface area contributed by atoms with Gasteiger partial charge in [0.05, 0.1) is 6.42 Å². The highest BCUT2D eigenvalue weighted by molar-refractivity contribution is 5.79. The van der Waals surface area contributed by atoms with E-state index in [-0.39, 0.29) is 12.8 Å². The second-order valence-electron chi connectivity index (χ2n) is 25.3. The number of hydrogen-bond donors (Lipinski definition) is 7. The average Bonchev–Trinajstić information content (AvgIpc) is 3.64. The van der Waals surface area contributed by atoms with E-state index in [4.69, 9.17) is 35.7 Å². The number of carboxylic acids is 7. The van der Waals surface area contributed by atoms with Gasteiger partial charge in [0.2, 0.25) is 0 Å². The van der Waals surface area contributed by atoms with Crippen molar-refractivity contribution < 1.29 is 69.3 Å². The number of aliphatic carboxylic acids is 7. The fraction of sp³-hybridized carbons (Fsp3) is 0.750. The van der Waals surface area contributed by atoms with E-state index >= 15 is 0 Å². The highest BCUT2D eigenvalue weighted by Gasteiger charge is 1.99. The lowest BCUT2D eigenvalue weighted by Gasteiger charge is -1.98. The summed E-state index contributed by atoms with van der Waals surface area (Å²) < 4.78 is 0. The molecule has 0 amide bonds. The number of carbonyl (C=O) groups is 7. The van der Waals surface area contributed by atoms with Crippen LogP contribution in [0, 0.1) is 0 Å². The van der Waals surface area contributed by atoms with E-state index in [1.165, 1.54) is 205 Å². The third kappa shape index (κ3) is 142. The normalized spacial score (nSPS) is 10.9. The molecule has 0 aromatic carbocycles. The summed E-state index contributed by atoms with van der Waals surface area (Å²) in [7, 11) is 0. The van der Waals surface area contributed by atoms with Gasteiger partial charge >= 0.3 is 41.8 Å². The quantitative estimate of drug-likeness (QED) is 0.0170. The molecule has 0 aromatic rings. The van der Waals surface area contributed by atoms with Crippen LogP contribution >= 0.6 is 0 Å². The first-order chi connectivity index (χ1) is 47.4. The Morgan fingerprint density at radius 1 is 0.184 bits per heavy atom. The summed E-state index contributed by atoms with van der Waals surface area (Å²) in [5.41, 5.74) is 0. The van der Waals surface area contributed by atoms with E-state index in [9.17, 15) is 33.6 Å². The maximum atomic E-state index is 10.2. The molecule has 7 N–H and O–H groups in total. The van der Waals surface area contributed by atoms with Crippen molar-refractivity contribution in [3.8, 4) is 0 Å². The molecular weight excluding hydrogens is 1230 g/mol. The van der Waals surface area contributed by atoms with E-state index in [1.54, 1.807) is 12.2 Å². The highest BCUT2D eigenvalue weighted by atomic mass is 16.4. The Hall–Kier alpha value is -5.53. The van der Waals surface area contributed by atoms with Gasteiger partial charge in [0.15, 0.2) is 0 Å². The third-order valence-electron chi connectivity index (χ3n) is 15.2. The summed E-state index contributed by atoms with van der Waals surface area (Å²) >= 11 is 0. The third-order valence-corrected chi connectivity index (χ3v) is 15.2. The van der Waals surface area contributed by atoms with Crippen LogP contribution in [0.5, 0.6) is 0 Å². The molecule has 98 heavy (non-hydrogen) atoms. The van der Waals surface area contributed by atoms with Crippen molar-refractivity contribution in [2.24, 2.45) is 0 Å². The van der Waals surface area contributed by atoms with Crippen molar-refractivity contribution in [1.82, 2.24) is 0 Å². The fourth-order valence-electron chi connectivity index (χ4n) is 9.21. The van der Waals surface area contributed by atoms with Gasteiger partial charge < -0.3 is 35.7 Å². The van der Waals surface area contributed by atoms with E-state index in [0.717, 1.165) is 116 Å². The SMILES string of the molecule is CCC/C=C\CCCCCCC(=O)O.CCCC/C=C\CCCCCC(=O)O.CCCCC/C=C\CCCCC(=O)O.CCCCCC/C=C\CCCC(=O)O.CCCCCCC/C=C\CCC(=O)O.CCCCCCCC/C=C\CC(=O)O.CCCCCCCCC/C=C\C(=O)O.